The third-order valence-electron chi connectivity index (χ3n) is 7.44. The van der Waals surface area contributed by atoms with E-state index in [1.807, 2.05) is 6.08 Å². The summed E-state index contributed by atoms with van der Waals surface area (Å²) < 4.78 is 0. The molecule has 0 aromatic heterocycles. The SMILES string of the molecule is CCCCCCCCC/C=C\CC/C=C/[C@@H](O)[C@H](CO)NC(=O)CCCCCCCCCCCCCCC. The van der Waals surface area contributed by atoms with Crippen LogP contribution in [-0.4, -0.2) is 34.9 Å². The smallest absolute Gasteiger partial charge is 0.220 e. The van der Waals surface area contributed by atoms with Crippen LogP contribution in [0.3, 0.4) is 0 Å². The fraction of sp³-hybridized carbons (Fsp3) is 0.853. The van der Waals surface area contributed by atoms with Crippen molar-refractivity contribution >= 4 is 5.91 Å². The monoisotopic (exact) mass is 535 g/mol. The maximum absolute atomic E-state index is 12.2. The molecule has 0 aliphatic heterocycles. The Morgan fingerprint density at radius 2 is 1.03 bits per heavy atom. The fourth-order valence-corrected chi connectivity index (χ4v) is 4.84. The van der Waals surface area contributed by atoms with Gasteiger partial charge in [-0.25, -0.2) is 0 Å². The summed E-state index contributed by atoms with van der Waals surface area (Å²) >= 11 is 0. The minimum absolute atomic E-state index is 0.0760. The number of carbonyl (C=O) groups is 1. The van der Waals surface area contributed by atoms with E-state index in [0.717, 1.165) is 32.1 Å². The fourth-order valence-electron chi connectivity index (χ4n) is 4.84. The molecule has 3 N–H and O–H groups in total. The predicted molar refractivity (Wildman–Crippen MR) is 165 cm³/mol. The zero-order valence-corrected chi connectivity index (χ0v) is 25.4. The molecule has 0 fully saturated rings. The molecular formula is C34H65NO3. The summed E-state index contributed by atoms with van der Waals surface area (Å²) in [4.78, 5) is 12.2. The number of carbonyl (C=O) groups excluding carboxylic acids is 1. The maximum atomic E-state index is 12.2. The summed E-state index contributed by atoms with van der Waals surface area (Å²) in [6, 6.07) is -0.631. The van der Waals surface area contributed by atoms with Crippen molar-refractivity contribution in [3.05, 3.63) is 24.3 Å². The second-order valence-electron chi connectivity index (χ2n) is 11.2. The van der Waals surface area contributed by atoms with Crippen molar-refractivity contribution in [2.75, 3.05) is 6.61 Å². The Balaban J connectivity index is 3.70. The predicted octanol–water partition coefficient (Wildman–Crippen LogP) is 9.34. The second kappa shape index (κ2) is 30.4. The third kappa shape index (κ3) is 26.5. The number of hydrogen-bond donors (Lipinski definition) is 3. The number of unbranched alkanes of at least 4 members (excludes halogenated alkanes) is 20. The lowest BCUT2D eigenvalue weighted by Crippen LogP contribution is -2.45. The van der Waals surface area contributed by atoms with Crippen molar-refractivity contribution in [1.29, 1.82) is 0 Å². The average Bonchev–Trinajstić information content (AvgIpc) is 2.92. The normalized spacial score (nSPS) is 13.5. The Labute approximate surface area is 237 Å². The van der Waals surface area contributed by atoms with E-state index in [0.29, 0.717) is 6.42 Å². The molecule has 0 aromatic rings. The minimum Gasteiger partial charge on any atom is -0.394 e. The molecule has 0 saturated heterocycles. The van der Waals surface area contributed by atoms with Gasteiger partial charge in [-0.15, -0.1) is 0 Å². The van der Waals surface area contributed by atoms with E-state index in [4.69, 9.17) is 0 Å². The van der Waals surface area contributed by atoms with Crippen LogP contribution in [0, 0.1) is 0 Å². The molecule has 0 aliphatic carbocycles. The first-order valence-electron chi connectivity index (χ1n) is 16.6. The Morgan fingerprint density at radius 3 is 1.53 bits per heavy atom. The highest BCUT2D eigenvalue weighted by Crippen LogP contribution is 2.13. The molecule has 0 aromatic carbocycles. The van der Waals surface area contributed by atoms with Crippen LogP contribution in [0.2, 0.25) is 0 Å². The van der Waals surface area contributed by atoms with E-state index in [9.17, 15) is 15.0 Å². The standard InChI is InChI=1S/C34H65NO3/c1-3-5-7-9-11-13-15-17-19-21-23-25-27-29-33(37)32(31-36)35-34(38)30-28-26-24-22-20-18-16-14-12-10-8-6-4-2/h19,21,27,29,32-33,36-37H,3-18,20,22-26,28,30-31H2,1-2H3,(H,35,38)/b21-19-,29-27+/t32-,33+/m0/s1. The highest BCUT2D eigenvalue weighted by molar-refractivity contribution is 5.76. The molecular weight excluding hydrogens is 470 g/mol. The largest absolute Gasteiger partial charge is 0.394 e. The van der Waals surface area contributed by atoms with Gasteiger partial charge in [-0.2, -0.15) is 0 Å². The third-order valence-corrected chi connectivity index (χ3v) is 7.44. The van der Waals surface area contributed by atoms with E-state index in [1.54, 1.807) is 6.08 Å². The maximum Gasteiger partial charge on any atom is 0.220 e. The van der Waals surface area contributed by atoms with Crippen LogP contribution in [0.5, 0.6) is 0 Å². The molecule has 38 heavy (non-hydrogen) atoms. The van der Waals surface area contributed by atoms with Gasteiger partial charge in [-0.1, -0.05) is 154 Å². The molecule has 1 amide bonds. The molecule has 0 bridgehead atoms. The van der Waals surface area contributed by atoms with Gasteiger partial charge in [-0.05, 0) is 32.1 Å². The summed E-state index contributed by atoms with van der Waals surface area (Å²) in [6.45, 7) is 4.26. The number of aliphatic hydroxyl groups is 2. The van der Waals surface area contributed by atoms with E-state index in [-0.39, 0.29) is 12.5 Å². The minimum atomic E-state index is -0.854. The quantitative estimate of drug-likeness (QED) is 0.0660. The van der Waals surface area contributed by atoms with Crippen molar-refractivity contribution < 1.29 is 15.0 Å². The van der Waals surface area contributed by atoms with Crippen molar-refractivity contribution in [3.8, 4) is 0 Å². The van der Waals surface area contributed by atoms with Crippen molar-refractivity contribution in [3.63, 3.8) is 0 Å². The van der Waals surface area contributed by atoms with Crippen molar-refractivity contribution in [1.82, 2.24) is 5.32 Å². The van der Waals surface area contributed by atoms with Gasteiger partial charge in [0.2, 0.25) is 5.91 Å². The van der Waals surface area contributed by atoms with Gasteiger partial charge in [0.05, 0.1) is 18.8 Å². The summed E-state index contributed by atoms with van der Waals surface area (Å²) in [7, 11) is 0. The molecule has 0 spiro atoms. The number of aliphatic hydroxyl groups excluding tert-OH is 2. The topological polar surface area (TPSA) is 69.6 Å². The first-order chi connectivity index (χ1) is 18.7. The van der Waals surface area contributed by atoms with Crippen LogP contribution >= 0.6 is 0 Å². The molecule has 4 nitrogen and oxygen atoms in total. The Hall–Kier alpha value is -1.13. The summed E-state index contributed by atoms with van der Waals surface area (Å²) in [5, 5.41) is 22.8. The Kier molecular flexibility index (Phi) is 29.5. The van der Waals surface area contributed by atoms with E-state index in [2.05, 4.69) is 31.3 Å². The van der Waals surface area contributed by atoms with Crippen LogP contribution in [0.4, 0.5) is 0 Å². The summed E-state index contributed by atoms with van der Waals surface area (Å²) in [5.74, 6) is -0.0760. The van der Waals surface area contributed by atoms with Crippen LogP contribution in [0.1, 0.15) is 168 Å². The summed E-state index contributed by atoms with van der Waals surface area (Å²) in [5.41, 5.74) is 0. The van der Waals surface area contributed by atoms with Gasteiger partial charge in [0, 0.05) is 6.42 Å². The Morgan fingerprint density at radius 1 is 0.605 bits per heavy atom. The van der Waals surface area contributed by atoms with Gasteiger partial charge in [0.1, 0.15) is 0 Å². The highest BCUT2D eigenvalue weighted by atomic mass is 16.3. The van der Waals surface area contributed by atoms with Crippen molar-refractivity contribution in [2.45, 2.75) is 180 Å². The molecule has 0 aliphatic rings. The van der Waals surface area contributed by atoms with E-state index in [1.165, 1.54) is 116 Å². The number of nitrogens with one attached hydrogen (secondary N) is 1. The van der Waals surface area contributed by atoms with Gasteiger partial charge in [-0.3, -0.25) is 4.79 Å². The van der Waals surface area contributed by atoms with Gasteiger partial charge in [0.15, 0.2) is 0 Å². The molecule has 0 saturated carbocycles. The number of allylic oxidation sites excluding steroid dienone is 3. The molecule has 224 valence electrons. The number of hydrogen-bond acceptors (Lipinski definition) is 3. The molecule has 2 atom stereocenters. The lowest BCUT2D eigenvalue weighted by Gasteiger charge is -2.19. The van der Waals surface area contributed by atoms with Crippen LogP contribution in [0.25, 0.3) is 0 Å². The number of amides is 1. The summed E-state index contributed by atoms with van der Waals surface area (Å²) in [6.07, 6.45) is 36.8. The molecule has 0 unspecified atom stereocenters. The lowest BCUT2D eigenvalue weighted by molar-refractivity contribution is -0.123. The highest BCUT2D eigenvalue weighted by Gasteiger charge is 2.17. The molecule has 0 heterocycles. The van der Waals surface area contributed by atoms with Gasteiger partial charge >= 0.3 is 0 Å². The van der Waals surface area contributed by atoms with Crippen LogP contribution in [-0.2, 0) is 4.79 Å². The zero-order valence-electron chi connectivity index (χ0n) is 25.4. The zero-order chi connectivity index (χ0) is 27.9. The van der Waals surface area contributed by atoms with Crippen molar-refractivity contribution in [2.24, 2.45) is 0 Å². The number of rotatable bonds is 29. The van der Waals surface area contributed by atoms with Gasteiger partial charge in [0.25, 0.3) is 0 Å². The molecule has 0 radical (unpaired) electrons. The van der Waals surface area contributed by atoms with Gasteiger partial charge < -0.3 is 15.5 Å². The average molecular weight is 536 g/mol. The van der Waals surface area contributed by atoms with E-state index < -0.39 is 12.1 Å². The molecule has 4 heteroatoms. The second-order valence-corrected chi connectivity index (χ2v) is 11.2. The first-order valence-corrected chi connectivity index (χ1v) is 16.6. The van der Waals surface area contributed by atoms with Crippen LogP contribution < -0.4 is 5.32 Å². The Bertz CT molecular complexity index is 546. The van der Waals surface area contributed by atoms with Crippen LogP contribution in [0.15, 0.2) is 24.3 Å². The van der Waals surface area contributed by atoms with E-state index >= 15 is 0 Å². The molecule has 0 rings (SSSR count). The first kappa shape index (κ1) is 36.9. The lowest BCUT2D eigenvalue weighted by atomic mass is 10.0.